The molecule has 0 spiro atoms. The summed E-state index contributed by atoms with van der Waals surface area (Å²) >= 11 is 11.5. The molecule has 0 aromatic heterocycles. The summed E-state index contributed by atoms with van der Waals surface area (Å²) in [6, 6.07) is 0. The van der Waals surface area contributed by atoms with Gasteiger partial charge in [0.25, 0.3) is 0 Å². The number of hydrogen-bond donors (Lipinski definition) is 0. The highest BCUT2D eigenvalue weighted by molar-refractivity contribution is 6.22. The Labute approximate surface area is 73.9 Å². The summed E-state index contributed by atoms with van der Waals surface area (Å²) in [7, 11) is 0. The molecule has 62 valence electrons. The summed E-state index contributed by atoms with van der Waals surface area (Å²) in [6.07, 6.45) is 1.96. The van der Waals surface area contributed by atoms with E-state index in [1.54, 1.807) is 0 Å². The van der Waals surface area contributed by atoms with E-state index < -0.39 is 0 Å². The van der Waals surface area contributed by atoms with Crippen LogP contribution in [0.25, 0.3) is 0 Å². The van der Waals surface area contributed by atoms with Crippen molar-refractivity contribution in [2.45, 2.75) is 39.0 Å². The molecule has 0 saturated carbocycles. The number of halogens is 2. The molecule has 0 aliphatic heterocycles. The van der Waals surface area contributed by atoms with E-state index in [2.05, 4.69) is 20.8 Å². The Morgan fingerprint density at radius 2 is 1.80 bits per heavy atom. The molecular formula is C8H16Cl2. The third-order valence-electron chi connectivity index (χ3n) is 1.26. The number of rotatable bonds is 3. The van der Waals surface area contributed by atoms with Gasteiger partial charge in [0.05, 0.1) is 0 Å². The lowest BCUT2D eigenvalue weighted by Crippen LogP contribution is -2.13. The van der Waals surface area contributed by atoms with Crippen LogP contribution in [0.3, 0.4) is 0 Å². The molecular weight excluding hydrogens is 167 g/mol. The van der Waals surface area contributed by atoms with Crippen LogP contribution < -0.4 is 0 Å². The molecule has 1 unspecified atom stereocenters. The minimum Gasteiger partial charge on any atom is -0.127 e. The van der Waals surface area contributed by atoms with Gasteiger partial charge in [0.1, 0.15) is 0 Å². The van der Waals surface area contributed by atoms with Crippen molar-refractivity contribution in [2.75, 3.05) is 5.88 Å². The molecule has 0 aliphatic carbocycles. The van der Waals surface area contributed by atoms with Gasteiger partial charge in [-0.1, -0.05) is 20.8 Å². The quantitative estimate of drug-likeness (QED) is 0.585. The average Bonchev–Trinajstić information content (AvgIpc) is 1.59. The summed E-state index contributed by atoms with van der Waals surface area (Å²) in [6.45, 7) is 6.57. The van der Waals surface area contributed by atoms with E-state index in [1.165, 1.54) is 0 Å². The normalized spacial score (nSPS) is 15.3. The van der Waals surface area contributed by atoms with Crippen LogP contribution in [0, 0.1) is 5.41 Å². The molecule has 10 heavy (non-hydrogen) atoms. The third-order valence-corrected chi connectivity index (χ3v) is 1.85. The Morgan fingerprint density at radius 1 is 1.30 bits per heavy atom. The Morgan fingerprint density at radius 3 is 2.10 bits per heavy atom. The predicted octanol–water partition coefficient (Wildman–Crippen LogP) is 3.66. The molecule has 0 heterocycles. The molecule has 0 radical (unpaired) electrons. The van der Waals surface area contributed by atoms with Crippen LogP contribution in [-0.2, 0) is 0 Å². The molecule has 0 amide bonds. The summed E-state index contributed by atoms with van der Waals surface area (Å²) in [5.41, 5.74) is 0.332. The standard InChI is InChI=1S/C8H16Cl2/c1-8(2,3)6-7(10)4-5-9/h7H,4-6H2,1-3H3. The fourth-order valence-electron chi connectivity index (χ4n) is 0.885. The van der Waals surface area contributed by atoms with Crippen LogP contribution in [-0.4, -0.2) is 11.3 Å². The van der Waals surface area contributed by atoms with Crippen LogP contribution in [0.15, 0.2) is 0 Å². The highest BCUT2D eigenvalue weighted by Gasteiger charge is 2.15. The smallest absolute Gasteiger partial charge is 0.0352 e. The van der Waals surface area contributed by atoms with Gasteiger partial charge in [0.2, 0.25) is 0 Å². The van der Waals surface area contributed by atoms with Crippen molar-refractivity contribution in [1.82, 2.24) is 0 Å². The lowest BCUT2D eigenvalue weighted by atomic mass is 9.90. The maximum absolute atomic E-state index is 5.98. The van der Waals surface area contributed by atoms with Gasteiger partial charge in [0, 0.05) is 11.3 Å². The van der Waals surface area contributed by atoms with E-state index in [0.717, 1.165) is 12.8 Å². The van der Waals surface area contributed by atoms with Gasteiger partial charge in [-0.2, -0.15) is 0 Å². The van der Waals surface area contributed by atoms with Gasteiger partial charge in [-0.15, -0.1) is 23.2 Å². The molecule has 0 saturated heterocycles. The fraction of sp³-hybridized carbons (Fsp3) is 1.00. The monoisotopic (exact) mass is 182 g/mol. The zero-order chi connectivity index (χ0) is 8.20. The predicted molar refractivity (Wildman–Crippen MR) is 49.1 cm³/mol. The largest absolute Gasteiger partial charge is 0.127 e. The van der Waals surface area contributed by atoms with Gasteiger partial charge < -0.3 is 0 Å². The second-order valence-corrected chi connectivity index (χ2v) is 4.83. The van der Waals surface area contributed by atoms with Crippen molar-refractivity contribution >= 4 is 23.2 Å². The first-order valence-electron chi connectivity index (χ1n) is 3.66. The van der Waals surface area contributed by atoms with E-state index >= 15 is 0 Å². The minimum atomic E-state index is 0.248. The summed E-state index contributed by atoms with van der Waals surface area (Å²) in [4.78, 5) is 0. The highest BCUT2D eigenvalue weighted by atomic mass is 35.5. The number of hydrogen-bond acceptors (Lipinski definition) is 0. The molecule has 0 bridgehead atoms. The molecule has 1 atom stereocenters. The lowest BCUT2D eigenvalue weighted by molar-refractivity contribution is 0.367. The first kappa shape index (κ1) is 10.6. The Bertz CT molecular complexity index is 83.7. The Kier molecular flexibility index (Phi) is 4.71. The Hall–Kier alpha value is 0.580. The van der Waals surface area contributed by atoms with Crippen LogP contribution in [0.5, 0.6) is 0 Å². The first-order chi connectivity index (χ1) is 4.45. The maximum atomic E-state index is 5.98. The molecule has 2 heteroatoms. The van der Waals surface area contributed by atoms with Crippen molar-refractivity contribution in [2.24, 2.45) is 5.41 Å². The van der Waals surface area contributed by atoms with Gasteiger partial charge in [-0.3, -0.25) is 0 Å². The van der Waals surface area contributed by atoms with Gasteiger partial charge in [-0.25, -0.2) is 0 Å². The van der Waals surface area contributed by atoms with E-state index in [0.29, 0.717) is 11.3 Å². The molecule has 0 aromatic rings. The fourth-order valence-corrected chi connectivity index (χ4v) is 1.83. The van der Waals surface area contributed by atoms with Crippen LogP contribution in [0.1, 0.15) is 33.6 Å². The van der Waals surface area contributed by atoms with E-state index in [-0.39, 0.29) is 5.38 Å². The van der Waals surface area contributed by atoms with Gasteiger partial charge in [0.15, 0.2) is 0 Å². The number of alkyl halides is 2. The highest BCUT2D eigenvalue weighted by Crippen LogP contribution is 2.25. The van der Waals surface area contributed by atoms with E-state index in [1.807, 2.05) is 0 Å². The molecule has 0 aliphatic rings. The molecule has 0 nitrogen and oxygen atoms in total. The van der Waals surface area contributed by atoms with E-state index in [9.17, 15) is 0 Å². The van der Waals surface area contributed by atoms with Crippen molar-refractivity contribution in [3.8, 4) is 0 Å². The van der Waals surface area contributed by atoms with Crippen LogP contribution in [0.2, 0.25) is 0 Å². The zero-order valence-corrected chi connectivity index (χ0v) is 8.47. The van der Waals surface area contributed by atoms with Gasteiger partial charge in [-0.05, 0) is 18.3 Å². The second-order valence-electron chi connectivity index (χ2n) is 3.84. The topological polar surface area (TPSA) is 0 Å². The molecule has 0 aromatic carbocycles. The van der Waals surface area contributed by atoms with Gasteiger partial charge >= 0.3 is 0 Å². The Balaban J connectivity index is 3.47. The SMILES string of the molecule is CC(C)(C)CC(Cl)CCCl. The summed E-state index contributed by atoms with van der Waals surface area (Å²) in [5.74, 6) is 0.671. The van der Waals surface area contributed by atoms with Crippen LogP contribution >= 0.6 is 23.2 Å². The average molecular weight is 183 g/mol. The molecule has 0 N–H and O–H groups in total. The first-order valence-corrected chi connectivity index (χ1v) is 4.63. The van der Waals surface area contributed by atoms with E-state index in [4.69, 9.17) is 23.2 Å². The van der Waals surface area contributed by atoms with Crippen molar-refractivity contribution in [3.05, 3.63) is 0 Å². The lowest BCUT2D eigenvalue weighted by Gasteiger charge is -2.20. The van der Waals surface area contributed by atoms with Crippen molar-refractivity contribution in [3.63, 3.8) is 0 Å². The van der Waals surface area contributed by atoms with Crippen LogP contribution in [0.4, 0.5) is 0 Å². The summed E-state index contributed by atoms with van der Waals surface area (Å²) < 4.78 is 0. The molecule has 0 fully saturated rings. The second kappa shape index (κ2) is 4.46. The molecule has 0 rings (SSSR count). The summed E-state index contributed by atoms with van der Waals surface area (Å²) in [5, 5.41) is 0.248. The minimum absolute atomic E-state index is 0.248. The van der Waals surface area contributed by atoms with Crippen molar-refractivity contribution < 1.29 is 0 Å². The maximum Gasteiger partial charge on any atom is 0.0352 e. The zero-order valence-electron chi connectivity index (χ0n) is 6.95. The van der Waals surface area contributed by atoms with Crippen molar-refractivity contribution in [1.29, 1.82) is 0 Å². The third kappa shape index (κ3) is 6.70.